The lowest BCUT2D eigenvalue weighted by molar-refractivity contribution is 0.233. The first-order valence-corrected chi connectivity index (χ1v) is 6.65. The molecule has 1 saturated heterocycles. The molecule has 1 heterocycles. The molecule has 0 aromatic heterocycles. The number of nitrogens with zero attached hydrogens (tertiary/aromatic N) is 1. The zero-order chi connectivity index (χ0) is 12.5. The Kier molecular flexibility index (Phi) is 6.90. The Morgan fingerprint density at radius 2 is 1.59 bits per heavy atom. The largest absolute Gasteiger partial charge is 0.314 e. The van der Waals surface area contributed by atoms with Gasteiger partial charge in [0.1, 0.15) is 0 Å². The highest BCUT2D eigenvalue weighted by atomic mass is 15.2. The van der Waals surface area contributed by atoms with Crippen molar-refractivity contribution in [2.45, 2.75) is 27.3 Å². The summed E-state index contributed by atoms with van der Waals surface area (Å²) in [4.78, 5) is 2.49. The summed E-state index contributed by atoms with van der Waals surface area (Å²) in [6.45, 7) is 12.2. The van der Waals surface area contributed by atoms with Crippen LogP contribution in [0.4, 0.5) is 0 Å². The second kappa shape index (κ2) is 8.26. The van der Waals surface area contributed by atoms with E-state index >= 15 is 0 Å². The molecule has 17 heavy (non-hydrogen) atoms. The molecule has 1 aromatic carbocycles. The predicted octanol–water partition coefficient (Wildman–Crippen LogP) is 2.75. The van der Waals surface area contributed by atoms with Crippen LogP contribution < -0.4 is 5.32 Å². The molecule has 0 atom stereocenters. The van der Waals surface area contributed by atoms with E-state index in [4.69, 9.17) is 0 Å². The molecule has 0 saturated carbocycles. The summed E-state index contributed by atoms with van der Waals surface area (Å²) >= 11 is 0. The van der Waals surface area contributed by atoms with Gasteiger partial charge >= 0.3 is 0 Å². The average molecular weight is 234 g/mol. The van der Waals surface area contributed by atoms with E-state index in [0.29, 0.717) is 0 Å². The van der Waals surface area contributed by atoms with Gasteiger partial charge in [-0.1, -0.05) is 51.1 Å². The van der Waals surface area contributed by atoms with Crippen LogP contribution in [0.1, 0.15) is 26.3 Å². The molecule has 0 amide bonds. The number of rotatable bonds is 2. The van der Waals surface area contributed by atoms with E-state index in [1.165, 1.54) is 18.7 Å². The van der Waals surface area contributed by atoms with Crippen LogP contribution in [0.5, 0.6) is 0 Å². The molecule has 1 N–H and O–H groups in total. The van der Waals surface area contributed by atoms with Crippen molar-refractivity contribution in [2.24, 2.45) is 5.92 Å². The molecule has 2 heteroatoms. The minimum Gasteiger partial charge on any atom is -0.314 e. The Bertz CT molecular complexity index is 273. The van der Waals surface area contributed by atoms with Gasteiger partial charge in [-0.25, -0.2) is 0 Å². The van der Waals surface area contributed by atoms with Gasteiger partial charge in [-0.15, -0.1) is 0 Å². The highest BCUT2D eigenvalue weighted by Crippen LogP contribution is 2.04. The minimum absolute atomic E-state index is 0.833. The van der Waals surface area contributed by atoms with E-state index in [-0.39, 0.29) is 0 Å². The summed E-state index contributed by atoms with van der Waals surface area (Å²) in [7, 11) is 0. The number of nitrogens with one attached hydrogen (secondary N) is 1. The molecular formula is C15H26N2. The van der Waals surface area contributed by atoms with Crippen LogP contribution in [0, 0.1) is 5.92 Å². The Balaban J connectivity index is 0.000000317. The minimum atomic E-state index is 0.833. The number of hydrogen-bond acceptors (Lipinski definition) is 2. The normalized spacial score (nSPS) is 16.5. The zero-order valence-electron chi connectivity index (χ0n) is 11.4. The van der Waals surface area contributed by atoms with Crippen LogP contribution in [0.2, 0.25) is 0 Å². The molecule has 1 aromatic rings. The van der Waals surface area contributed by atoms with Crippen LogP contribution >= 0.6 is 0 Å². The SMILES string of the molecule is CC(C)C.c1ccc(CN2CCNCC2)cc1. The van der Waals surface area contributed by atoms with E-state index in [9.17, 15) is 0 Å². The standard InChI is InChI=1S/C11H16N2.C4H10/c1-2-4-11(5-3-1)10-13-8-6-12-7-9-13;1-4(2)3/h1-5,12H,6-10H2;4H,1-3H3. The molecule has 0 unspecified atom stereocenters. The number of benzene rings is 1. The first kappa shape index (κ1) is 14.2. The van der Waals surface area contributed by atoms with Crippen molar-refractivity contribution in [3.63, 3.8) is 0 Å². The van der Waals surface area contributed by atoms with Gasteiger partial charge in [0.05, 0.1) is 0 Å². The maximum Gasteiger partial charge on any atom is 0.0234 e. The first-order valence-electron chi connectivity index (χ1n) is 6.65. The molecule has 0 aliphatic carbocycles. The van der Waals surface area contributed by atoms with Crippen LogP contribution in [0.3, 0.4) is 0 Å². The highest BCUT2D eigenvalue weighted by molar-refractivity contribution is 5.14. The van der Waals surface area contributed by atoms with Crippen LogP contribution in [-0.4, -0.2) is 31.1 Å². The van der Waals surface area contributed by atoms with Crippen molar-refractivity contribution in [3.8, 4) is 0 Å². The van der Waals surface area contributed by atoms with Crippen molar-refractivity contribution in [1.29, 1.82) is 0 Å². The van der Waals surface area contributed by atoms with Crippen molar-refractivity contribution in [3.05, 3.63) is 35.9 Å². The molecule has 2 nitrogen and oxygen atoms in total. The smallest absolute Gasteiger partial charge is 0.0234 e. The summed E-state index contributed by atoms with van der Waals surface area (Å²) in [5.41, 5.74) is 1.42. The fourth-order valence-corrected chi connectivity index (χ4v) is 1.71. The van der Waals surface area contributed by atoms with E-state index in [1.54, 1.807) is 0 Å². The summed E-state index contributed by atoms with van der Waals surface area (Å²) in [6, 6.07) is 10.7. The second-order valence-corrected chi connectivity index (χ2v) is 5.24. The van der Waals surface area contributed by atoms with Gasteiger partial charge in [-0.3, -0.25) is 4.90 Å². The van der Waals surface area contributed by atoms with Crippen molar-refractivity contribution in [2.75, 3.05) is 26.2 Å². The lowest BCUT2D eigenvalue weighted by atomic mass is 10.2. The lowest BCUT2D eigenvalue weighted by Gasteiger charge is -2.27. The van der Waals surface area contributed by atoms with Gasteiger partial charge in [-0.2, -0.15) is 0 Å². The fourth-order valence-electron chi connectivity index (χ4n) is 1.71. The second-order valence-electron chi connectivity index (χ2n) is 5.24. The number of hydrogen-bond donors (Lipinski definition) is 1. The van der Waals surface area contributed by atoms with Gasteiger partial charge < -0.3 is 5.32 Å². The Morgan fingerprint density at radius 3 is 2.12 bits per heavy atom. The van der Waals surface area contributed by atoms with Gasteiger partial charge in [0.15, 0.2) is 0 Å². The van der Waals surface area contributed by atoms with E-state index in [0.717, 1.165) is 25.6 Å². The molecule has 1 aliphatic heterocycles. The highest BCUT2D eigenvalue weighted by Gasteiger charge is 2.08. The van der Waals surface area contributed by atoms with Gasteiger partial charge in [-0.05, 0) is 11.5 Å². The third-order valence-electron chi connectivity index (χ3n) is 2.46. The van der Waals surface area contributed by atoms with E-state index < -0.39 is 0 Å². The Labute approximate surface area is 106 Å². The van der Waals surface area contributed by atoms with Crippen LogP contribution in [-0.2, 0) is 6.54 Å². The number of piperazine rings is 1. The molecule has 0 radical (unpaired) electrons. The summed E-state index contributed by atoms with van der Waals surface area (Å²) in [5.74, 6) is 0.833. The molecule has 0 bridgehead atoms. The molecular weight excluding hydrogens is 208 g/mol. The van der Waals surface area contributed by atoms with Crippen molar-refractivity contribution < 1.29 is 0 Å². The predicted molar refractivity (Wildman–Crippen MR) is 75.1 cm³/mol. The third-order valence-corrected chi connectivity index (χ3v) is 2.46. The maximum absolute atomic E-state index is 3.36. The molecule has 1 aliphatic rings. The average Bonchev–Trinajstić information content (AvgIpc) is 2.31. The van der Waals surface area contributed by atoms with Crippen LogP contribution in [0.15, 0.2) is 30.3 Å². The lowest BCUT2D eigenvalue weighted by Crippen LogP contribution is -2.42. The molecule has 2 rings (SSSR count). The van der Waals surface area contributed by atoms with Crippen molar-refractivity contribution >= 4 is 0 Å². The fraction of sp³-hybridized carbons (Fsp3) is 0.600. The Morgan fingerprint density at radius 1 is 1.06 bits per heavy atom. The summed E-state index contributed by atoms with van der Waals surface area (Å²) < 4.78 is 0. The summed E-state index contributed by atoms with van der Waals surface area (Å²) in [5, 5.41) is 3.36. The van der Waals surface area contributed by atoms with E-state index in [2.05, 4.69) is 61.3 Å². The van der Waals surface area contributed by atoms with Crippen molar-refractivity contribution in [1.82, 2.24) is 10.2 Å². The van der Waals surface area contributed by atoms with E-state index in [1.807, 2.05) is 0 Å². The molecule has 1 fully saturated rings. The maximum atomic E-state index is 3.36. The third kappa shape index (κ3) is 7.14. The van der Waals surface area contributed by atoms with Gasteiger partial charge in [0.2, 0.25) is 0 Å². The summed E-state index contributed by atoms with van der Waals surface area (Å²) in [6.07, 6.45) is 0. The first-order chi connectivity index (χ1) is 8.18. The molecule has 0 spiro atoms. The monoisotopic (exact) mass is 234 g/mol. The van der Waals surface area contributed by atoms with Crippen LogP contribution in [0.25, 0.3) is 0 Å². The van der Waals surface area contributed by atoms with Gasteiger partial charge in [0, 0.05) is 32.7 Å². The zero-order valence-corrected chi connectivity index (χ0v) is 11.4. The van der Waals surface area contributed by atoms with Gasteiger partial charge in [0.25, 0.3) is 0 Å². The quantitative estimate of drug-likeness (QED) is 0.846. The molecule has 96 valence electrons. The topological polar surface area (TPSA) is 15.3 Å². The Hall–Kier alpha value is -0.860.